The van der Waals surface area contributed by atoms with Crippen LogP contribution in [0.2, 0.25) is 5.02 Å². The lowest BCUT2D eigenvalue weighted by Gasteiger charge is -2.49. The predicted molar refractivity (Wildman–Crippen MR) is 137 cm³/mol. The van der Waals surface area contributed by atoms with E-state index in [-0.39, 0.29) is 10.9 Å². The Labute approximate surface area is 213 Å². The van der Waals surface area contributed by atoms with Gasteiger partial charge in [-0.05, 0) is 68.6 Å². The molecule has 178 valence electrons. The van der Waals surface area contributed by atoms with Crippen LogP contribution in [0, 0.1) is 12.8 Å². The third-order valence-electron chi connectivity index (χ3n) is 6.90. The van der Waals surface area contributed by atoms with Crippen molar-refractivity contribution in [3.63, 3.8) is 0 Å². The monoisotopic (exact) mass is 560 g/mol. The van der Waals surface area contributed by atoms with Crippen LogP contribution >= 0.6 is 27.5 Å². The van der Waals surface area contributed by atoms with Crippen LogP contribution in [0.5, 0.6) is 0 Å². The Morgan fingerprint density at radius 3 is 2.62 bits per heavy atom. The lowest BCUT2D eigenvalue weighted by molar-refractivity contribution is 0.0317. The molecule has 3 aliphatic rings. The van der Waals surface area contributed by atoms with E-state index in [0.717, 1.165) is 53.2 Å². The summed E-state index contributed by atoms with van der Waals surface area (Å²) in [7, 11) is -3.57. The highest BCUT2D eigenvalue weighted by Crippen LogP contribution is 2.42. The van der Waals surface area contributed by atoms with Gasteiger partial charge in [0.1, 0.15) is 5.82 Å². The van der Waals surface area contributed by atoms with Crippen molar-refractivity contribution < 1.29 is 8.42 Å². The van der Waals surface area contributed by atoms with Crippen LogP contribution < -0.4 is 4.72 Å². The molecule has 4 atom stereocenters. The summed E-state index contributed by atoms with van der Waals surface area (Å²) in [6.45, 7) is 4.21. The largest absolute Gasteiger partial charge is 0.298 e. The number of hydrogen-bond donors (Lipinski definition) is 1. The van der Waals surface area contributed by atoms with Crippen molar-refractivity contribution in [1.82, 2.24) is 19.6 Å². The molecule has 1 aromatic heterocycles. The van der Waals surface area contributed by atoms with Crippen LogP contribution in [0.3, 0.4) is 0 Å². The van der Waals surface area contributed by atoms with Gasteiger partial charge in [-0.1, -0.05) is 45.7 Å². The zero-order chi connectivity index (χ0) is 23.9. The number of rotatable bonds is 6. The minimum Gasteiger partial charge on any atom is -0.298 e. The molecular weight excluding hydrogens is 536 g/mol. The lowest BCUT2D eigenvalue weighted by atomic mass is 9.74. The van der Waals surface area contributed by atoms with E-state index in [1.807, 2.05) is 25.1 Å². The van der Waals surface area contributed by atoms with Crippen LogP contribution in [0.1, 0.15) is 30.3 Å². The third kappa shape index (κ3) is 4.93. The zero-order valence-electron chi connectivity index (χ0n) is 18.8. The molecule has 0 aliphatic carbocycles. The maximum absolute atomic E-state index is 12.7. The Morgan fingerprint density at radius 2 is 1.91 bits per heavy atom. The molecule has 6 nitrogen and oxygen atoms in total. The van der Waals surface area contributed by atoms with E-state index >= 15 is 0 Å². The van der Waals surface area contributed by atoms with Crippen LogP contribution in [0.25, 0.3) is 11.3 Å². The Bertz CT molecular complexity index is 1300. The Morgan fingerprint density at radius 1 is 1.15 bits per heavy atom. The highest BCUT2D eigenvalue weighted by molar-refractivity contribution is 9.10. The fraction of sp³-hybridized carbons (Fsp3) is 0.360. The first-order valence-electron chi connectivity index (χ1n) is 11.4. The summed E-state index contributed by atoms with van der Waals surface area (Å²) in [5, 5.41) is 0.517. The molecule has 0 radical (unpaired) electrons. The molecule has 9 heteroatoms. The Hall–Kier alpha value is -1.84. The molecule has 4 heterocycles. The van der Waals surface area contributed by atoms with Crippen molar-refractivity contribution in [1.29, 1.82) is 0 Å². The molecular formula is C25H26BrClN4O2S. The molecule has 3 saturated heterocycles. The van der Waals surface area contributed by atoms with Gasteiger partial charge in [-0.3, -0.25) is 4.90 Å². The average Bonchev–Trinajstić information content (AvgIpc) is 2.83. The van der Waals surface area contributed by atoms with Crippen LogP contribution in [0.15, 0.2) is 64.0 Å². The number of fused-ring (bicyclic) bond motifs is 3. The van der Waals surface area contributed by atoms with Crippen molar-refractivity contribution in [3.05, 3.63) is 75.6 Å². The van der Waals surface area contributed by atoms with Gasteiger partial charge in [0.15, 0.2) is 0 Å². The molecule has 1 unspecified atom stereocenters. The van der Waals surface area contributed by atoms with E-state index in [0.29, 0.717) is 23.4 Å². The van der Waals surface area contributed by atoms with Gasteiger partial charge in [0.25, 0.3) is 0 Å². The van der Waals surface area contributed by atoms with Gasteiger partial charge in [-0.15, -0.1) is 0 Å². The van der Waals surface area contributed by atoms with E-state index in [9.17, 15) is 8.42 Å². The summed E-state index contributed by atoms with van der Waals surface area (Å²) in [6, 6.07) is 16.7. The number of nitrogens with one attached hydrogen (secondary N) is 1. The van der Waals surface area contributed by atoms with Crippen LogP contribution in [0.4, 0.5) is 0 Å². The summed E-state index contributed by atoms with van der Waals surface area (Å²) >= 11 is 9.54. The molecule has 6 rings (SSSR count). The molecule has 3 fully saturated rings. The molecule has 0 saturated carbocycles. The minimum atomic E-state index is -3.57. The number of nitrogens with zero attached hydrogens (tertiary/aromatic N) is 3. The number of aryl methyl sites for hydroxylation is 1. The first-order chi connectivity index (χ1) is 16.3. The molecule has 1 N–H and O–H groups in total. The summed E-state index contributed by atoms with van der Waals surface area (Å²) in [6.07, 6.45) is 2.04. The summed E-state index contributed by atoms with van der Waals surface area (Å²) < 4.78 is 29.3. The van der Waals surface area contributed by atoms with Crippen LogP contribution in [-0.4, -0.2) is 49.0 Å². The second-order valence-electron chi connectivity index (χ2n) is 9.05. The van der Waals surface area contributed by atoms with E-state index in [4.69, 9.17) is 16.6 Å². The molecule has 3 aliphatic heterocycles. The summed E-state index contributed by atoms with van der Waals surface area (Å²) in [5.74, 6) is 1.56. The first kappa shape index (κ1) is 23.9. The van der Waals surface area contributed by atoms with Crippen molar-refractivity contribution in [2.45, 2.75) is 36.6 Å². The van der Waals surface area contributed by atoms with E-state index in [1.165, 1.54) is 12.1 Å². The minimum absolute atomic E-state index is 0.183. The van der Waals surface area contributed by atoms with E-state index in [1.54, 1.807) is 12.1 Å². The zero-order valence-corrected chi connectivity index (χ0v) is 21.9. The van der Waals surface area contributed by atoms with Gasteiger partial charge in [0.2, 0.25) is 10.0 Å². The topological polar surface area (TPSA) is 75.2 Å². The Balaban J connectivity index is 1.31. The Kier molecular flexibility index (Phi) is 6.79. The summed E-state index contributed by atoms with van der Waals surface area (Å²) in [5.41, 5.74) is 3.07. The number of halogens is 2. The van der Waals surface area contributed by atoms with Gasteiger partial charge < -0.3 is 0 Å². The van der Waals surface area contributed by atoms with Crippen molar-refractivity contribution in [2.24, 2.45) is 5.92 Å². The fourth-order valence-corrected chi connectivity index (χ4v) is 6.86. The van der Waals surface area contributed by atoms with E-state index in [2.05, 4.69) is 42.7 Å². The van der Waals surface area contributed by atoms with Gasteiger partial charge in [0, 0.05) is 45.8 Å². The number of aromatic nitrogens is 2. The van der Waals surface area contributed by atoms with Crippen LogP contribution in [-0.2, 0) is 10.0 Å². The molecule has 2 bridgehead atoms. The average molecular weight is 562 g/mol. The van der Waals surface area contributed by atoms with Gasteiger partial charge in [-0.2, -0.15) is 0 Å². The smallest absolute Gasteiger partial charge is 0.240 e. The normalized spacial score (nSPS) is 24.3. The highest BCUT2D eigenvalue weighted by atomic mass is 79.9. The van der Waals surface area contributed by atoms with Gasteiger partial charge in [-0.25, -0.2) is 23.1 Å². The molecule has 3 aromatic rings. The maximum Gasteiger partial charge on any atom is 0.240 e. The molecule has 0 amide bonds. The third-order valence-corrected chi connectivity index (χ3v) is 9.28. The number of sulfonamides is 1. The standard InChI is InChI=1S/C25H26BrClN4O2S/c1-16-29-24(21-4-2-3-5-23(21)26)13-25(30-16)22-15-31-11-10-17(22)12-19(31)14-28-34(32,33)20-8-6-18(27)7-9-20/h2-9,13,17,19,22,28H,10-12,14-15H2,1H3/t17-,19+,22-/m0/s1. The second-order valence-corrected chi connectivity index (χ2v) is 12.1. The van der Waals surface area contributed by atoms with Crippen molar-refractivity contribution in [3.8, 4) is 11.3 Å². The first-order valence-corrected chi connectivity index (χ1v) is 14.1. The number of benzene rings is 2. The lowest BCUT2D eigenvalue weighted by Crippen LogP contribution is -2.56. The van der Waals surface area contributed by atoms with Crippen molar-refractivity contribution in [2.75, 3.05) is 19.6 Å². The number of piperidine rings is 3. The summed E-state index contributed by atoms with van der Waals surface area (Å²) in [4.78, 5) is 12.1. The molecule has 34 heavy (non-hydrogen) atoms. The van der Waals surface area contributed by atoms with Gasteiger partial charge in [0.05, 0.1) is 10.6 Å². The second kappa shape index (κ2) is 9.66. The quantitative estimate of drug-likeness (QED) is 0.457. The predicted octanol–water partition coefficient (Wildman–Crippen LogP) is 5.02. The highest BCUT2D eigenvalue weighted by Gasteiger charge is 2.41. The van der Waals surface area contributed by atoms with Gasteiger partial charge >= 0.3 is 0 Å². The fourth-order valence-electron chi connectivity index (χ4n) is 5.18. The SMILES string of the molecule is Cc1nc(-c2ccccc2Br)cc([C@H]2CN3CC[C@H]2C[C@@H]3CNS(=O)(=O)c2ccc(Cl)cc2)n1. The molecule has 0 spiro atoms. The molecule has 2 aromatic carbocycles. The van der Waals surface area contributed by atoms with Crippen molar-refractivity contribution >= 4 is 37.6 Å². The number of hydrogen-bond acceptors (Lipinski definition) is 5. The van der Waals surface area contributed by atoms with E-state index < -0.39 is 10.0 Å². The maximum atomic E-state index is 12.7.